The van der Waals surface area contributed by atoms with Crippen LogP contribution in [0.15, 0.2) is 24.3 Å². The van der Waals surface area contributed by atoms with Crippen LogP contribution in [0.4, 0.5) is 0 Å². The molecule has 0 amide bonds. The lowest BCUT2D eigenvalue weighted by Gasteiger charge is -2.26. The van der Waals surface area contributed by atoms with Gasteiger partial charge in [-0.15, -0.1) is 0 Å². The molecule has 3 N–H and O–H groups in total. The molecule has 0 radical (unpaired) electrons. The van der Waals surface area contributed by atoms with E-state index in [1.165, 1.54) is 5.56 Å². The Hall–Kier alpha value is -1.43. The fraction of sp³-hybridized carbons (Fsp3) is 0.500. The zero-order valence-electron chi connectivity index (χ0n) is 10.9. The van der Waals surface area contributed by atoms with E-state index in [0.29, 0.717) is 6.42 Å². The van der Waals surface area contributed by atoms with E-state index >= 15 is 0 Å². The number of carboxylic acids is 1. The first kappa shape index (κ1) is 14.0. The molecule has 2 rings (SSSR count). The van der Waals surface area contributed by atoms with E-state index in [0.717, 1.165) is 38.4 Å². The third-order valence-corrected chi connectivity index (χ3v) is 3.31. The second-order valence-corrected chi connectivity index (χ2v) is 4.85. The van der Waals surface area contributed by atoms with Crippen LogP contribution in [0.3, 0.4) is 0 Å². The first-order valence-electron chi connectivity index (χ1n) is 6.51. The van der Waals surface area contributed by atoms with Crippen molar-refractivity contribution < 1.29 is 14.6 Å². The molecule has 0 aliphatic carbocycles. The van der Waals surface area contributed by atoms with Crippen molar-refractivity contribution in [1.29, 1.82) is 0 Å². The van der Waals surface area contributed by atoms with Crippen molar-refractivity contribution in [2.24, 2.45) is 5.73 Å². The number of nitrogens with two attached hydrogens (primary N) is 1. The molecular weight excluding hydrogens is 244 g/mol. The molecular formula is C14H20N2O3. The van der Waals surface area contributed by atoms with Crippen LogP contribution < -0.4 is 5.73 Å². The minimum absolute atomic E-state index is 0.368. The Kier molecular flexibility index (Phi) is 4.90. The minimum Gasteiger partial charge on any atom is -0.480 e. The van der Waals surface area contributed by atoms with Crippen molar-refractivity contribution in [1.82, 2.24) is 4.90 Å². The van der Waals surface area contributed by atoms with E-state index in [-0.39, 0.29) is 0 Å². The summed E-state index contributed by atoms with van der Waals surface area (Å²) >= 11 is 0. The van der Waals surface area contributed by atoms with E-state index in [9.17, 15) is 4.79 Å². The summed E-state index contributed by atoms with van der Waals surface area (Å²) in [6.45, 7) is 4.43. The first-order valence-corrected chi connectivity index (χ1v) is 6.51. The summed E-state index contributed by atoms with van der Waals surface area (Å²) in [6, 6.07) is 7.17. The Labute approximate surface area is 113 Å². The SMILES string of the molecule is N[C@@H](Cc1ccc(CN2CCOCC2)cc1)C(=O)O. The number of morpholine rings is 1. The van der Waals surface area contributed by atoms with Crippen molar-refractivity contribution >= 4 is 5.97 Å². The van der Waals surface area contributed by atoms with Crippen LogP contribution in [-0.2, 0) is 22.5 Å². The molecule has 104 valence electrons. The normalized spacial score (nSPS) is 18.2. The summed E-state index contributed by atoms with van der Waals surface area (Å²) in [6.07, 6.45) is 0.368. The Morgan fingerprint density at radius 1 is 1.26 bits per heavy atom. The minimum atomic E-state index is -0.961. The lowest BCUT2D eigenvalue weighted by molar-refractivity contribution is -0.138. The number of aliphatic carboxylic acids is 1. The molecule has 1 heterocycles. The molecule has 1 aliphatic heterocycles. The Balaban J connectivity index is 1.88. The number of benzene rings is 1. The number of rotatable bonds is 5. The Bertz CT molecular complexity index is 413. The van der Waals surface area contributed by atoms with Crippen molar-refractivity contribution in [2.45, 2.75) is 19.0 Å². The topological polar surface area (TPSA) is 75.8 Å². The average molecular weight is 264 g/mol. The van der Waals surface area contributed by atoms with Gasteiger partial charge in [-0.2, -0.15) is 0 Å². The summed E-state index contributed by atoms with van der Waals surface area (Å²) < 4.78 is 5.31. The van der Waals surface area contributed by atoms with Crippen LogP contribution in [0.25, 0.3) is 0 Å². The highest BCUT2D eigenvalue weighted by Crippen LogP contribution is 2.10. The van der Waals surface area contributed by atoms with Crippen molar-refractivity contribution in [3.05, 3.63) is 35.4 Å². The van der Waals surface area contributed by atoms with Gasteiger partial charge in [0.05, 0.1) is 13.2 Å². The molecule has 0 aromatic heterocycles. The molecule has 5 nitrogen and oxygen atoms in total. The highest BCUT2D eigenvalue weighted by Gasteiger charge is 2.13. The van der Waals surface area contributed by atoms with E-state index in [1.807, 2.05) is 24.3 Å². The van der Waals surface area contributed by atoms with E-state index in [2.05, 4.69) is 4.90 Å². The van der Waals surface area contributed by atoms with Crippen LogP contribution in [0.5, 0.6) is 0 Å². The number of ether oxygens (including phenoxy) is 1. The number of nitrogens with zero attached hydrogens (tertiary/aromatic N) is 1. The van der Waals surface area contributed by atoms with Gasteiger partial charge in [0.15, 0.2) is 0 Å². The number of carboxylic acid groups (broad SMARTS) is 1. The summed E-state index contributed by atoms with van der Waals surface area (Å²) in [5, 5.41) is 8.77. The predicted molar refractivity (Wildman–Crippen MR) is 71.9 cm³/mol. The molecule has 0 bridgehead atoms. The largest absolute Gasteiger partial charge is 0.480 e. The highest BCUT2D eigenvalue weighted by atomic mass is 16.5. The third-order valence-electron chi connectivity index (χ3n) is 3.31. The number of hydrogen-bond donors (Lipinski definition) is 2. The standard InChI is InChI=1S/C14H20N2O3/c15-13(14(17)18)9-11-1-3-12(4-2-11)10-16-5-7-19-8-6-16/h1-4,13H,5-10,15H2,(H,17,18)/t13-/m0/s1. The average Bonchev–Trinajstić information content (AvgIpc) is 2.42. The fourth-order valence-corrected chi connectivity index (χ4v) is 2.14. The van der Waals surface area contributed by atoms with Gasteiger partial charge in [-0.25, -0.2) is 0 Å². The first-order chi connectivity index (χ1) is 9.15. The van der Waals surface area contributed by atoms with Crippen molar-refractivity contribution in [3.8, 4) is 0 Å². The molecule has 0 unspecified atom stereocenters. The second kappa shape index (κ2) is 6.65. The van der Waals surface area contributed by atoms with Gasteiger partial charge >= 0.3 is 5.97 Å². The summed E-state index contributed by atoms with van der Waals surface area (Å²) in [5.41, 5.74) is 7.70. The van der Waals surface area contributed by atoms with Crippen molar-refractivity contribution in [2.75, 3.05) is 26.3 Å². The van der Waals surface area contributed by atoms with Crippen LogP contribution in [0.2, 0.25) is 0 Å². The molecule has 1 aromatic rings. The molecule has 1 atom stereocenters. The van der Waals surface area contributed by atoms with E-state index < -0.39 is 12.0 Å². The van der Waals surface area contributed by atoms with Gasteiger partial charge in [-0.1, -0.05) is 24.3 Å². The molecule has 1 aromatic carbocycles. The number of hydrogen-bond acceptors (Lipinski definition) is 4. The van der Waals surface area contributed by atoms with Gasteiger partial charge < -0.3 is 15.6 Å². The summed E-state index contributed by atoms with van der Waals surface area (Å²) in [4.78, 5) is 13.0. The lowest BCUT2D eigenvalue weighted by atomic mass is 10.0. The maximum Gasteiger partial charge on any atom is 0.320 e. The van der Waals surface area contributed by atoms with E-state index in [1.54, 1.807) is 0 Å². The third kappa shape index (κ3) is 4.31. The maximum atomic E-state index is 10.7. The summed E-state index contributed by atoms with van der Waals surface area (Å²) in [7, 11) is 0. The van der Waals surface area contributed by atoms with Crippen LogP contribution in [0, 0.1) is 0 Å². The zero-order chi connectivity index (χ0) is 13.7. The summed E-state index contributed by atoms with van der Waals surface area (Å²) in [5.74, 6) is -0.961. The molecule has 19 heavy (non-hydrogen) atoms. The number of carbonyl (C=O) groups is 1. The monoisotopic (exact) mass is 264 g/mol. The smallest absolute Gasteiger partial charge is 0.320 e. The highest BCUT2D eigenvalue weighted by molar-refractivity contribution is 5.73. The lowest BCUT2D eigenvalue weighted by Crippen LogP contribution is -2.35. The van der Waals surface area contributed by atoms with Gasteiger partial charge in [0, 0.05) is 19.6 Å². The molecule has 0 spiro atoms. The maximum absolute atomic E-state index is 10.7. The molecule has 1 aliphatic rings. The van der Waals surface area contributed by atoms with Gasteiger partial charge in [-0.05, 0) is 17.5 Å². The fourth-order valence-electron chi connectivity index (χ4n) is 2.14. The van der Waals surface area contributed by atoms with Crippen LogP contribution in [0.1, 0.15) is 11.1 Å². The second-order valence-electron chi connectivity index (χ2n) is 4.85. The molecule has 1 fully saturated rings. The van der Waals surface area contributed by atoms with Gasteiger partial charge in [0.1, 0.15) is 6.04 Å². The van der Waals surface area contributed by atoms with E-state index in [4.69, 9.17) is 15.6 Å². The Morgan fingerprint density at radius 3 is 2.42 bits per heavy atom. The van der Waals surface area contributed by atoms with Gasteiger partial charge in [0.25, 0.3) is 0 Å². The predicted octanol–water partition coefficient (Wildman–Crippen LogP) is 0.473. The van der Waals surface area contributed by atoms with Gasteiger partial charge in [0.2, 0.25) is 0 Å². The van der Waals surface area contributed by atoms with Crippen molar-refractivity contribution in [3.63, 3.8) is 0 Å². The molecule has 1 saturated heterocycles. The van der Waals surface area contributed by atoms with Crippen LogP contribution >= 0.6 is 0 Å². The Morgan fingerprint density at radius 2 is 1.84 bits per heavy atom. The molecule has 5 heteroatoms. The quantitative estimate of drug-likeness (QED) is 0.808. The zero-order valence-corrected chi connectivity index (χ0v) is 10.9. The molecule has 0 saturated carbocycles. The van der Waals surface area contributed by atoms with Gasteiger partial charge in [-0.3, -0.25) is 9.69 Å². The van der Waals surface area contributed by atoms with Crippen LogP contribution in [-0.4, -0.2) is 48.3 Å².